The third-order valence-electron chi connectivity index (χ3n) is 2.80. The largest absolute Gasteiger partial charge is 0.494 e. The van der Waals surface area contributed by atoms with Gasteiger partial charge in [-0.3, -0.25) is 0 Å². The van der Waals surface area contributed by atoms with E-state index in [2.05, 4.69) is 17.4 Å². The fraction of sp³-hybridized carbons (Fsp3) is 0.571. The summed E-state index contributed by atoms with van der Waals surface area (Å²) < 4.78 is 16.4. The van der Waals surface area contributed by atoms with Crippen LogP contribution in [0, 0.1) is 0 Å². The molecule has 1 N–H and O–H groups in total. The van der Waals surface area contributed by atoms with Gasteiger partial charge in [0.05, 0.1) is 32.5 Å². The van der Waals surface area contributed by atoms with E-state index in [-0.39, 0.29) is 6.10 Å². The summed E-state index contributed by atoms with van der Waals surface area (Å²) in [5, 5.41) is 3.38. The second-order valence-electron chi connectivity index (χ2n) is 4.28. The van der Waals surface area contributed by atoms with Crippen LogP contribution in [0.15, 0.2) is 24.3 Å². The van der Waals surface area contributed by atoms with Gasteiger partial charge in [-0.1, -0.05) is 12.1 Å². The van der Waals surface area contributed by atoms with Crippen molar-refractivity contribution in [2.24, 2.45) is 0 Å². The van der Waals surface area contributed by atoms with Crippen molar-refractivity contribution < 1.29 is 14.2 Å². The summed E-state index contributed by atoms with van der Waals surface area (Å²) in [7, 11) is 0. The van der Waals surface area contributed by atoms with Crippen molar-refractivity contribution in [3.8, 4) is 5.75 Å². The highest BCUT2D eigenvalue weighted by molar-refractivity contribution is 5.28. The zero-order valence-electron chi connectivity index (χ0n) is 10.9. The maximum atomic E-state index is 5.57. The Bertz CT molecular complexity index is 351. The maximum Gasteiger partial charge on any atom is 0.119 e. The summed E-state index contributed by atoms with van der Waals surface area (Å²) in [6.07, 6.45) is 0.175. The number of benzene rings is 1. The van der Waals surface area contributed by atoms with E-state index in [1.165, 1.54) is 5.56 Å². The molecular formula is C14H21NO3. The molecule has 1 aromatic carbocycles. The summed E-state index contributed by atoms with van der Waals surface area (Å²) in [5.41, 5.74) is 1.22. The first-order valence-electron chi connectivity index (χ1n) is 6.50. The van der Waals surface area contributed by atoms with Crippen molar-refractivity contribution >= 4 is 0 Å². The molecule has 1 heterocycles. The van der Waals surface area contributed by atoms with Crippen LogP contribution in [0.3, 0.4) is 0 Å². The third kappa shape index (κ3) is 4.29. The van der Waals surface area contributed by atoms with E-state index in [4.69, 9.17) is 14.2 Å². The molecule has 2 rings (SSSR count). The van der Waals surface area contributed by atoms with Crippen molar-refractivity contribution in [3.05, 3.63) is 29.8 Å². The number of hydrogen-bond acceptors (Lipinski definition) is 4. The van der Waals surface area contributed by atoms with E-state index in [1.54, 1.807) is 0 Å². The molecule has 1 atom stereocenters. The van der Waals surface area contributed by atoms with Gasteiger partial charge in [0.25, 0.3) is 0 Å². The Morgan fingerprint density at radius 2 is 2.33 bits per heavy atom. The highest BCUT2D eigenvalue weighted by Crippen LogP contribution is 2.13. The SMILES string of the molecule is CCOc1cccc(CNCC2COCCO2)c1. The zero-order chi connectivity index (χ0) is 12.6. The molecule has 4 nitrogen and oxygen atoms in total. The monoisotopic (exact) mass is 251 g/mol. The van der Waals surface area contributed by atoms with Gasteiger partial charge in [0.2, 0.25) is 0 Å². The molecule has 1 fully saturated rings. The highest BCUT2D eigenvalue weighted by atomic mass is 16.6. The van der Waals surface area contributed by atoms with Gasteiger partial charge in [0.15, 0.2) is 0 Å². The van der Waals surface area contributed by atoms with Crippen LogP contribution in [0.5, 0.6) is 5.75 Å². The third-order valence-corrected chi connectivity index (χ3v) is 2.80. The van der Waals surface area contributed by atoms with E-state index in [9.17, 15) is 0 Å². The Balaban J connectivity index is 1.73. The molecule has 0 spiro atoms. The van der Waals surface area contributed by atoms with Crippen LogP contribution >= 0.6 is 0 Å². The molecule has 0 saturated carbocycles. The van der Waals surface area contributed by atoms with Gasteiger partial charge in [-0.05, 0) is 24.6 Å². The molecule has 4 heteroatoms. The molecule has 1 unspecified atom stereocenters. The van der Waals surface area contributed by atoms with Crippen molar-refractivity contribution in [1.82, 2.24) is 5.32 Å². The molecule has 1 saturated heterocycles. The van der Waals surface area contributed by atoms with Crippen LogP contribution < -0.4 is 10.1 Å². The van der Waals surface area contributed by atoms with Gasteiger partial charge in [-0.2, -0.15) is 0 Å². The summed E-state index contributed by atoms with van der Waals surface area (Å²) in [5.74, 6) is 0.925. The molecule has 0 aliphatic carbocycles. The minimum absolute atomic E-state index is 0.175. The van der Waals surface area contributed by atoms with Gasteiger partial charge >= 0.3 is 0 Å². The van der Waals surface area contributed by atoms with Gasteiger partial charge in [0.1, 0.15) is 5.75 Å². The van der Waals surface area contributed by atoms with Crippen molar-refractivity contribution in [3.63, 3.8) is 0 Å². The van der Waals surface area contributed by atoms with E-state index < -0.39 is 0 Å². The first-order chi connectivity index (χ1) is 8.88. The summed E-state index contributed by atoms with van der Waals surface area (Å²) in [6, 6.07) is 8.15. The summed E-state index contributed by atoms with van der Waals surface area (Å²) >= 11 is 0. The molecule has 1 aliphatic rings. The van der Waals surface area contributed by atoms with Crippen molar-refractivity contribution in [1.29, 1.82) is 0 Å². The number of hydrogen-bond donors (Lipinski definition) is 1. The van der Waals surface area contributed by atoms with Gasteiger partial charge < -0.3 is 19.5 Å². The molecule has 0 aromatic heterocycles. The zero-order valence-corrected chi connectivity index (χ0v) is 10.9. The molecule has 0 bridgehead atoms. The molecule has 0 amide bonds. The Kier molecular flexibility index (Phi) is 5.45. The van der Waals surface area contributed by atoms with Crippen LogP contribution in [0.4, 0.5) is 0 Å². The highest BCUT2D eigenvalue weighted by Gasteiger charge is 2.13. The number of ether oxygens (including phenoxy) is 3. The first kappa shape index (κ1) is 13.3. The van der Waals surface area contributed by atoms with Crippen LogP contribution in [0.25, 0.3) is 0 Å². The molecule has 0 radical (unpaired) electrons. The quantitative estimate of drug-likeness (QED) is 0.833. The second-order valence-corrected chi connectivity index (χ2v) is 4.28. The lowest BCUT2D eigenvalue weighted by molar-refractivity contribution is -0.0864. The Labute approximate surface area is 108 Å². The maximum absolute atomic E-state index is 5.57. The van der Waals surface area contributed by atoms with Gasteiger partial charge in [-0.15, -0.1) is 0 Å². The van der Waals surface area contributed by atoms with Crippen LogP contribution in [0.2, 0.25) is 0 Å². The van der Waals surface area contributed by atoms with Crippen molar-refractivity contribution in [2.45, 2.75) is 19.6 Å². The predicted molar refractivity (Wildman–Crippen MR) is 69.9 cm³/mol. The average molecular weight is 251 g/mol. The Hall–Kier alpha value is -1.10. The Morgan fingerprint density at radius 3 is 3.11 bits per heavy atom. The smallest absolute Gasteiger partial charge is 0.119 e. The normalized spacial score (nSPS) is 19.7. The standard InChI is InChI=1S/C14H21NO3/c1-2-17-13-5-3-4-12(8-13)9-15-10-14-11-16-6-7-18-14/h3-5,8,14-15H,2,6-7,9-11H2,1H3. The van der Waals surface area contributed by atoms with E-state index in [0.717, 1.165) is 18.8 Å². The topological polar surface area (TPSA) is 39.7 Å². The average Bonchev–Trinajstić information content (AvgIpc) is 2.41. The lowest BCUT2D eigenvalue weighted by Crippen LogP contribution is -2.37. The van der Waals surface area contributed by atoms with Crippen LogP contribution in [-0.2, 0) is 16.0 Å². The van der Waals surface area contributed by atoms with Crippen LogP contribution in [0.1, 0.15) is 12.5 Å². The first-order valence-corrected chi connectivity index (χ1v) is 6.50. The lowest BCUT2D eigenvalue weighted by atomic mass is 10.2. The van der Waals surface area contributed by atoms with E-state index >= 15 is 0 Å². The predicted octanol–water partition coefficient (Wildman–Crippen LogP) is 1.59. The second kappa shape index (κ2) is 7.36. The van der Waals surface area contributed by atoms with Gasteiger partial charge in [-0.25, -0.2) is 0 Å². The van der Waals surface area contributed by atoms with Crippen LogP contribution in [-0.4, -0.2) is 39.1 Å². The number of rotatable bonds is 6. The fourth-order valence-electron chi connectivity index (χ4n) is 1.94. The van der Waals surface area contributed by atoms with Crippen molar-refractivity contribution in [2.75, 3.05) is 33.0 Å². The van der Waals surface area contributed by atoms with E-state index in [0.29, 0.717) is 26.4 Å². The summed E-state index contributed by atoms with van der Waals surface area (Å²) in [6.45, 7) is 6.43. The fourth-order valence-corrected chi connectivity index (χ4v) is 1.94. The molecule has 100 valence electrons. The number of nitrogens with one attached hydrogen (secondary N) is 1. The lowest BCUT2D eigenvalue weighted by Gasteiger charge is -2.23. The summed E-state index contributed by atoms with van der Waals surface area (Å²) in [4.78, 5) is 0. The molecule has 1 aromatic rings. The Morgan fingerprint density at radius 1 is 1.39 bits per heavy atom. The van der Waals surface area contributed by atoms with Gasteiger partial charge in [0, 0.05) is 13.1 Å². The minimum atomic E-state index is 0.175. The molecule has 18 heavy (non-hydrogen) atoms. The minimum Gasteiger partial charge on any atom is -0.494 e. The molecular weight excluding hydrogens is 230 g/mol. The molecule has 1 aliphatic heterocycles. The van der Waals surface area contributed by atoms with E-state index in [1.807, 2.05) is 19.1 Å².